The lowest BCUT2D eigenvalue weighted by Crippen LogP contribution is -2.51. The number of ether oxygens (including phenoxy) is 1. The Morgan fingerprint density at radius 3 is 2.20 bits per heavy atom. The van der Waals surface area contributed by atoms with Gasteiger partial charge in [0.05, 0.1) is 17.1 Å². The highest BCUT2D eigenvalue weighted by atomic mass is 32.2. The van der Waals surface area contributed by atoms with Crippen molar-refractivity contribution < 1.29 is 17.9 Å². The van der Waals surface area contributed by atoms with Crippen LogP contribution in [0.25, 0.3) is 0 Å². The van der Waals surface area contributed by atoms with Crippen LogP contribution in [0.15, 0.2) is 53.4 Å². The maximum Gasteiger partial charge on any atom is 0.338 e. The molecule has 1 saturated heterocycles. The van der Waals surface area contributed by atoms with Gasteiger partial charge >= 0.3 is 5.97 Å². The number of aryl methyl sites for hydroxylation is 1. The minimum absolute atomic E-state index is 0.309. The highest BCUT2D eigenvalue weighted by molar-refractivity contribution is 7.89. The van der Waals surface area contributed by atoms with Crippen LogP contribution in [0.2, 0.25) is 0 Å². The van der Waals surface area contributed by atoms with Crippen LogP contribution in [0.4, 0.5) is 5.69 Å². The van der Waals surface area contributed by atoms with Gasteiger partial charge in [-0.25, -0.2) is 13.2 Å². The summed E-state index contributed by atoms with van der Waals surface area (Å²) < 4.78 is 32.1. The molecule has 1 aliphatic rings. The lowest BCUT2D eigenvalue weighted by molar-refractivity contribution is 0.0526. The van der Waals surface area contributed by atoms with Gasteiger partial charge in [-0.2, -0.15) is 4.31 Å². The number of carbonyl (C=O) groups is 1. The van der Waals surface area contributed by atoms with Gasteiger partial charge in [-0.3, -0.25) is 0 Å². The number of piperazine rings is 1. The van der Waals surface area contributed by atoms with Crippen LogP contribution in [-0.2, 0) is 14.8 Å². The lowest BCUT2D eigenvalue weighted by atomic mass is 10.2. The fourth-order valence-electron chi connectivity index (χ4n) is 3.10. The Morgan fingerprint density at radius 2 is 1.63 bits per heavy atom. The number of benzene rings is 2. The Balaban J connectivity index is 1.56. The first kappa shape index (κ1) is 22.2. The van der Waals surface area contributed by atoms with Gasteiger partial charge in [-0.15, -0.1) is 0 Å². The van der Waals surface area contributed by atoms with Crippen molar-refractivity contribution in [3.63, 3.8) is 0 Å². The summed E-state index contributed by atoms with van der Waals surface area (Å²) in [6.07, 6.45) is 0. The first-order valence-corrected chi connectivity index (χ1v) is 11.6. The second kappa shape index (κ2) is 9.55. The number of sulfonamides is 1. The molecule has 1 heterocycles. The lowest BCUT2D eigenvalue weighted by Gasteiger charge is -2.35. The number of thiocarbonyl (C=S) groups is 1. The summed E-state index contributed by atoms with van der Waals surface area (Å²) in [5.74, 6) is -0.363. The summed E-state index contributed by atoms with van der Waals surface area (Å²) in [5, 5.41) is 3.66. The monoisotopic (exact) mass is 447 g/mol. The molecule has 7 nitrogen and oxygen atoms in total. The SMILES string of the molecule is CCOC(=O)c1ccc(NC(=S)N2CCN(S(=O)(=O)c3ccc(C)cc3)CC2)cc1. The first-order valence-electron chi connectivity index (χ1n) is 9.71. The molecule has 3 rings (SSSR count). The number of hydrogen-bond acceptors (Lipinski definition) is 5. The van der Waals surface area contributed by atoms with Crippen molar-refractivity contribution >= 4 is 39.0 Å². The molecule has 0 spiro atoms. The molecule has 160 valence electrons. The molecule has 30 heavy (non-hydrogen) atoms. The predicted octanol–water partition coefficient (Wildman–Crippen LogP) is 2.88. The van der Waals surface area contributed by atoms with Crippen LogP contribution >= 0.6 is 12.2 Å². The van der Waals surface area contributed by atoms with Crippen molar-refractivity contribution in [2.75, 3.05) is 38.1 Å². The van der Waals surface area contributed by atoms with Crippen LogP contribution in [0.5, 0.6) is 0 Å². The van der Waals surface area contributed by atoms with Gasteiger partial charge in [-0.05, 0) is 62.5 Å². The van der Waals surface area contributed by atoms with Gasteiger partial charge in [0, 0.05) is 31.9 Å². The summed E-state index contributed by atoms with van der Waals surface area (Å²) in [4.78, 5) is 14.0. The Labute approximate surface area is 182 Å². The van der Waals surface area contributed by atoms with Crippen molar-refractivity contribution in [2.24, 2.45) is 0 Å². The number of hydrogen-bond donors (Lipinski definition) is 1. The molecule has 1 fully saturated rings. The van der Waals surface area contributed by atoms with E-state index in [0.29, 0.717) is 48.4 Å². The highest BCUT2D eigenvalue weighted by Gasteiger charge is 2.29. The minimum atomic E-state index is -3.51. The second-order valence-corrected chi connectivity index (χ2v) is 9.26. The molecular weight excluding hydrogens is 422 g/mol. The van der Waals surface area contributed by atoms with E-state index in [4.69, 9.17) is 17.0 Å². The smallest absolute Gasteiger partial charge is 0.338 e. The molecule has 0 amide bonds. The third-order valence-electron chi connectivity index (χ3n) is 4.83. The van der Waals surface area contributed by atoms with Gasteiger partial charge < -0.3 is 15.0 Å². The fraction of sp³-hybridized carbons (Fsp3) is 0.333. The molecule has 1 aliphatic heterocycles. The van der Waals surface area contributed by atoms with Crippen LogP contribution in [-0.4, -0.2) is 61.5 Å². The molecule has 0 aliphatic carbocycles. The molecule has 2 aromatic carbocycles. The standard InChI is InChI=1S/C21H25N3O4S2/c1-3-28-20(25)17-6-8-18(9-7-17)22-21(29)23-12-14-24(15-13-23)30(26,27)19-10-4-16(2)5-11-19/h4-11H,3,12-15H2,1-2H3,(H,22,29). The molecule has 9 heteroatoms. The van der Waals surface area contributed by atoms with Gasteiger partial charge in [-0.1, -0.05) is 17.7 Å². The predicted molar refractivity (Wildman–Crippen MR) is 120 cm³/mol. The molecule has 0 atom stereocenters. The van der Waals surface area contributed by atoms with E-state index in [1.807, 2.05) is 11.8 Å². The summed E-state index contributed by atoms with van der Waals surface area (Å²) in [6.45, 7) is 5.73. The molecule has 0 unspecified atom stereocenters. The van der Waals surface area contributed by atoms with Crippen molar-refractivity contribution in [3.05, 3.63) is 59.7 Å². The third kappa shape index (κ3) is 5.16. The Kier molecular flexibility index (Phi) is 7.06. The molecule has 2 aromatic rings. The van der Waals surface area contributed by atoms with Crippen molar-refractivity contribution in [3.8, 4) is 0 Å². The quantitative estimate of drug-likeness (QED) is 0.558. The summed E-state index contributed by atoms with van der Waals surface area (Å²) >= 11 is 5.48. The highest BCUT2D eigenvalue weighted by Crippen LogP contribution is 2.19. The van der Waals surface area contributed by atoms with E-state index in [1.165, 1.54) is 4.31 Å². The van der Waals surface area contributed by atoms with E-state index in [1.54, 1.807) is 55.5 Å². The summed E-state index contributed by atoms with van der Waals surface area (Å²) in [5.41, 5.74) is 2.25. The second-order valence-electron chi connectivity index (χ2n) is 6.93. The van der Waals surface area contributed by atoms with E-state index in [9.17, 15) is 13.2 Å². The third-order valence-corrected chi connectivity index (χ3v) is 7.11. The number of rotatable bonds is 5. The summed E-state index contributed by atoms with van der Waals surface area (Å²) in [7, 11) is -3.51. The van der Waals surface area contributed by atoms with Crippen molar-refractivity contribution in [2.45, 2.75) is 18.7 Å². The Hall–Kier alpha value is -2.49. The van der Waals surface area contributed by atoms with Gasteiger partial charge in [0.25, 0.3) is 0 Å². The Morgan fingerprint density at radius 1 is 1.03 bits per heavy atom. The largest absolute Gasteiger partial charge is 0.462 e. The van der Waals surface area contributed by atoms with Crippen LogP contribution < -0.4 is 5.32 Å². The normalized spacial score (nSPS) is 14.9. The van der Waals surface area contributed by atoms with E-state index < -0.39 is 10.0 Å². The van der Waals surface area contributed by atoms with Gasteiger partial charge in [0.2, 0.25) is 10.0 Å². The molecular formula is C21H25N3O4S2. The zero-order chi connectivity index (χ0) is 21.7. The van der Waals surface area contributed by atoms with Crippen LogP contribution in [0, 0.1) is 6.92 Å². The molecule has 1 N–H and O–H groups in total. The van der Waals surface area contributed by atoms with Crippen LogP contribution in [0.3, 0.4) is 0 Å². The maximum atomic E-state index is 12.8. The Bertz CT molecular complexity index is 998. The van der Waals surface area contributed by atoms with E-state index >= 15 is 0 Å². The van der Waals surface area contributed by atoms with Crippen LogP contribution in [0.1, 0.15) is 22.8 Å². The van der Waals surface area contributed by atoms with E-state index in [-0.39, 0.29) is 5.97 Å². The molecule has 0 bridgehead atoms. The van der Waals surface area contributed by atoms with E-state index in [2.05, 4.69) is 5.32 Å². The average Bonchev–Trinajstić information content (AvgIpc) is 2.75. The minimum Gasteiger partial charge on any atom is -0.462 e. The fourth-order valence-corrected chi connectivity index (χ4v) is 4.82. The van der Waals surface area contributed by atoms with E-state index in [0.717, 1.165) is 11.3 Å². The number of anilines is 1. The molecule has 0 saturated carbocycles. The van der Waals surface area contributed by atoms with Gasteiger partial charge in [0.1, 0.15) is 0 Å². The molecule has 0 aromatic heterocycles. The number of nitrogens with one attached hydrogen (secondary N) is 1. The molecule has 0 radical (unpaired) electrons. The first-order chi connectivity index (χ1) is 14.3. The summed E-state index contributed by atoms with van der Waals surface area (Å²) in [6, 6.07) is 13.8. The number of nitrogens with zero attached hydrogens (tertiary/aromatic N) is 2. The van der Waals surface area contributed by atoms with Gasteiger partial charge in [0.15, 0.2) is 5.11 Å². The topological polar surface area (TPSA) is 79.0 Å². The maximum absolute atomic E-state index is 12.8. The zero-order valence-corrected chi connectivity index (χ0v) is 18.6. The number of esters is 1. The average molecular weight is 448 g/mol. The van der Waals surface area contributed by atoms with Crippen molar-refractivity contribution in [1.82, 2.24) is 9.21 Å². The van der Waals surface area contributed by atoms with Crippen molar-refractivity contribution in [1.29, 1.82) is 0 Å². The zero-order valence-electron chi connectivity index (χ0n) is 17.0. The number of carbonyl (C=O) groups excluding carboxylic acids is 1.